The summed E-state index contributed by atoms with van der Waals surface area (Å²) in [5, 5.41) is 3.66. The van der Waals surface area contributed by atoms with E-state index in [0.717, 1.165) is 44.4 Å². The summed E-state index contributed by atoms with van der Waals surface area (Å²) >= 11 is 0. The summed E-state index contributed by atoms with van der Waals surface area (Å²) in [5.41, 5.74) is 1.25. The maximum absolute atomic E-state index is 13.4. The lowest BCUT2D eigenvalue weighted by Crippen LogP contribution is -2.39. The summed E-state index contributed by atoms with van der Waals surface area (Å²) in [6.07, 6.45) is 44.3. The van der Waals surface area contributed by atoms with Gasteiger partial charge in [-0.05, 0) is 37.5 Å². The molecule has 3 aliphatic rings. The minimum Gasteiger partial charge on any atom is -0.341 e. The van der Waals surface area contributed by atoms with Gasteiger partial charge in [0.2, 0.25) is 5.91 Å². The largest absolute Gasteiger partial charge is 0.341 e. The molecule has 1 N–H and O–H groups in total. The standard InChI is InChI=1S/C40H72N4O/c45-40-39(29-31-43(40)30-28-36-24-20-16-12-8-6-3-7-9-13-17-21-25-36)42-33-38-32-41-35-44(38)34-37-26-22-18-14-10-4-1-2-5-11-15-19-23-27-37/h32,35-37,39,42H,1-31,33-34H2/t39-/m1/s1. The SMILES string of the molecule is O=C1[C@H](NCc2cncn2CC2CCCCCCCCCCCCCC2)CCN1CCC1CCCCCCCCCCCCC1. The molecule has 258 valence electrons. The zero-order valence-electron chi connectivity index (χ0n) is 29.5. The van der Waals surface area contributed by atoms with Gasteiger partial charge in [-0.3, -0.25) is 4.79 Å². The van der Waals surface area contributed by atoms with E-state index in [1.165, 1.54) is 185 Å². The lowest BCUT2D eigenvalue weighted by Gasteiger charge is -2.22. The highest BCUT2D eigenvalue weighted by molar-refractivity contribution is 5.83. The van der Waals surface area contributed by atoms with Gasteiger partial charge < -0.3 is 14.8 Å². The van der Waals surface area contributed by atoms with Crippen molar-refractivity contribution >= 4 is 5.91 Å². The van der Waals surface area contributed by atoms with Crippen LogP contribution < -0.4 is 5.32 Å². The number of nitrogens with one attached hydrogen (secondary N) is 1. The Morgan fingerprint density at radius 1 is 0.600 bits per heavy atom. The molecule has 0 radical (unpaired) electrons. The van der Waals surface area contributed by atoms with E-state index < -0.39 is 0 Å². The molecule has 0 bridgehead atoms. The molecule has 0 unspecified atom stereocenters. The van der Waals surface area contributed by atoms with Gasteiger partial charge in [-0.15, -0.1) is 0 Å². The lowest BCUT2D eigenvalue weighted by atomic mass is 9.91. The minimum atomic E-state index is -0.0317. The van der Waals surface area contributed by atoms with Gasteiger partial charge in [0.05, 0.1) is 18.1 Å². The van der Waals surface area contributed by atoms with Gasteiger partial charge >= 0.3 is 0 Å². The van der Waals surface area contributed by atoms with Crippen molar-refractivity contribution < 1.29 is 4.79 Å². The van der Waals surface area contributed by atoms with E-state index in [1.54, 1.807) is 0 Å². The zero-order chi connectivity index (χ0) is 31.2. The van der Waals surface area contributed by atoms with Crippen LogP contribution in [0.1, 0.15) is 192 Å². The quantitative estimate of drug-likeness (QED) is 0.313. The number of carbonyl (C=O) groups is 1. The second-order valence-corrected chi connectivity index (χ2v) is 15.4. The van der Waals surface area contributed by atoms with E-state index in [1.807, 2.05) is 12.5 Å². The van der Waals surface area contributed by atoms with Crippen molar-refractivity contribution in [2.24, 2.45) is 11.8 Å². The Bertz CT molecular complexity index is 853. The summed E-state index contributed by atoms with van der Waals surface area (Å²) in [5.74, 6) is 1.89. The topological polar surface area (TPSA) is 50.2 Å². The first-order valence-corrected chi connectivity index (χ1v) is 20.3. The molecule has 45 heavy (non-hydrogen) atoms. The molecule has 2 aliphatic carbocycles. The molecular weight excluding hydrogens is 552 g/mol. The number of rotatable bonds is 8. The van der Waals surface area contributed by atoms with Gasteiger partial charge in [-0.1, -0.05) is 161 Å². The molecule has 1 aromatic heterocycles. The van der Waals surface area contributed by atoms with Gasteiger partial charge in [0, 0.05) is 32.4 Å². The summed E-state index contributed by atoms with van der Waals surface area (Å²) in [6.45, 7) is 3.72. The predicted molar refractivity (Wildman–Crippen MR) is 190 cm³/mol. The van der Waals surface area contributed by atoms with E-state index in [-0.39, 0.29) is 6.04 Å². The van der Waals surface area contributed by atoms with Crippen molar-refractivity contribution in [3.63, 3.8) is 0 Å². The van der Waals surface area contributed by atoms with E-state index in [9.17, 15) is 4.79 Å². The molecule has 0 aromatic carbocycles. The van der Waals surface area contributed by atoms with Gasteiger partial charge in [-0.2, -0.15) is 0 Å². The van der Waals surface area contributed by atoms with Crippen molar-refractivity contribution in [2.75, 3.05) is 13.1 Å². The van der Waals surface area contributed by atoms with Gasteiger partial charge in [0.1, 0.15) is 0 Å². The van der Waals surface area contributed by atoms with Crippen LogP contribution in [0.15, 0.2) is 12.5 Å². The number of aromatic nitrogens is 2. The molecule has 2 heterocycles. The second-order valence-electron chi connectivity index (χ2n) is 15.4. The molecule has 1 saturated heterocycles. The van der Waals surface area contributed by atoms with Crippen molar-refractivity contribution in [1.82, 2.24) is 19.8 Å². The molecule has 1 atom stereocenters. The molecule has 1 aromatic rings. The maximum atomic E-state index is 13.4. The van der Waals surface area contributed by atoms with Crippen LogP contribution in [0, 0.1) is 11.8 Å². The molecule has 1 amide bonds. The van der Waals surface area contributed by atoms with Crippen LogP contribution in [-0.4, -0.2) is 39.5 Å². The van der Waals surface area contributed by atoms with E-state index in [0.29, 0.717) is 5.91 Å². The van der Waals surface area contributed by atoms with Crippen LogP contribution in [0.3, 0.4) is 0 Å². The third-order valence-electron chi connectivity index (χ3n) is 11.6. The highest BCUT2D eigenvalue weighted by Gasteiger charge is 2.31. The number of hydrogen-bond donors (Lipinski definition) is 1. The van der Waals surface area contributed by atoms with Crippen LogP contribution in [-0.2, 0) is 17.9 Å². The number of nitrogens with zero attached hydrogens (tertiary/aromatic N) is 3. The fraction of sp³-hybridized carbons (Fsp3) is 0.900. The Hall–Kier alpha value is -1.36. The Balaban J connectivity index is 1.19. The van der Waals surface area contributed by atoms with Crippen LogP contribution >= 0.6 is 0 Å². The molecule has 0 spiro atoms. The first kappa shape index (κ1) is 36.5. The van der Waals surface area contributed by atoms with Crippen molar-refractivity contribution in [3.05, 3.63) is 18.2 Å². The van der Waals surface area contributed by atoms with Crippen LogP contribution in [0.2, 0.25) is 0 Å². The summed E-state index contributed by atoms with van der Waals surface area (Å²) in [4.78, 5) is 20.1. The average Bonchev–Trinajstić information content (AvgIpc) is 3.64. The number of hydrogen-bond acceptors (Lipinski definition) is 3. The highest BCUT2D eigenvalue weighted by atomic mass is 16.2. The van der Waals surface area contributed by atoms with Gasteiger partial charge in [0.25, 0.3) is 0 Å². The van der Waals surface area contributed by atoms with Crippen LogP contribution in [0.4, 0.5) is 0 Å². The fourth-order valence-corrected chi connectivity index (χ4v) is 8.51. The zero-order valence-corrected chi connectivity index (χ0v) is 29.5. The highest BCUT2D eigenvalue weighted by Crippen LogP contribution is 2.26. The first-order valence-electron chi connectivity index (χ1n) is 20.3. The van der Waals surface area contributed by atoms with Crippen LogP contribution in [0.5, 0.6) is 0 Å². The van der Waals surface area contributed by atoms with Crippen molar-refractivity contribution in [1.29, 1.82) is 0 Å². The molecule has 2 saturated carbocycles. The van der Waals surface area contributed by atoms with Gasteiger partial charge in [-0.25, -0.2) is 4.98 Å². The minimum absolute atomic E-state index is 0.0317. The normalized spacial score (nSPS) is 24.6. The molecular formula is C40H72N4O. The summed E-state index contributed by atoms with van der Waals surface area (Å²) in [7, 11) is 0. The van der Waals surface area contributed by atoms with Crippen molar-refractivity contribution in [3.8, 4) is 0 Å². The van der Waals surface area contributed by atoms with Crippen LogP contribution in [0.25, 0.3) is 0 Å². The maximum Gasteiger partial charge on any atom is 0.239 e. The Morgan fingerprint density at radius 2 is 1.04 bits per heavy atom. The Labute approximate surface area is 278 Å². The molecule has 5 heteroatoms. The molecule has 1 aliphatic heterocycles. The number of carbonyl (C=O) groups excluding carboxylic acids is 1. The van der Waals surface area contributed by atoms with Gasteiger partial charge in [0.15, 0.2) is 0 Å². The second kappa shape index (κ2) is 23.0. The Kier molecular flexibility index (Phi) is 18.7. The number of amides is 1. The summed E-state index contributed by atoms with van der Waals surface area (Å²) < 4.78 is 2.40. The molecule has 5 nitrogen and oxygen atoms in total. The lowest BCUT2D eigenvalue weighted by molar-refractivity contribution is -0.129. The fourth-order valence-electron chi connectivity index (χ4n) is 8.51. The van der Waals surface area contributed by atoms with E-state index >= 15 is 0 Å². The van der Waals surface area contributed by atoms with E-state index in [4.69, 9.17) is 0 Å². The molecule has 4 rings (SSSR count). The third-order valence-corrected chi connectivity index (χ3v) is 11.6. The third kappa shape index (κ3) is 14.9. The summed E-state index contributed by atoms with van der Waals surface area (Å²) in [6, 6.07) is -0.0317. The van der Waals surface area contributed by atoms with E-state index in [2.05, 4.69) is 19.8 Å². The number of imidazole rings is 1. The smallest absolute Gasteiger partial charge is 0.239 e. The Morgan fingerprint density at radius 3 is 1.53 bits per heavy atom. The predicted octanol–water partition coefficient (Wildman–Crippen LogP) is 10.8. The monoisotopic (exact) mass is 625 g/mol. The number of likely N-dealkylation sites (tertiary alicyclic amines) is 1. The average molecular weight is 625 g/mol. The molecule has 3 fully saturated rings. The first-order chi connectivity index (χ1) is 22.3. The van der Waals surface area contributed by atoms with Crippen molar-refractivity contribution in [2.45, 2.75) is 205 Å².